The monoisotopic (exact) mass is 416 g/mol. The third-order valence-corrected chi connectivity index (χ3v) is 6.33. The van der Waals surface area contributed by atoms with E-state index in [4.69, 9.17) is 14.2 Å². The van der Waals surface area contributed by atoms with Crippen molar-refractivity contribution < 1.29 is 22.6 Å². The predicted octanol–water partition coefficient (Wildman–Crippen LogP) is 3.07. The maximum Gasteiger partial charge on any atom is 0.238 e. The van der Waals surface area contributed by atoms with Crippen molar-refractivity contribution >= 4 is 20.7 Å². The summed E-state index contributed by atoms with van der Waals surface area (Å²) in [4.78, 5) is 4.53. The second-order valence-electron chi connectivity index (χ2n) is 7.34. The van der Waals surface area contributed by atoms with Gasteiger partial charge in [-0.25, -0.2) is 13.4 Å². The molecule has 154 valence electrons. The van der Waals surface area contributed by atoms with Crippen LogP contribution in [-0.2, 0) is 21.6 Å². The molecule has 1 aliphatic rings. The summed E-state index contributed by atoms with van der Waals surface area (Å²) in [5.74, 6) is 1.50. The van der Waals surface area contributed by atoms with Gasteiger partial charge in [-0.1, -0.05) is 0 Å². The molecule has 1 aromatic carbocycles. The summed E-state index contributed by atoms with van der Waals surface area (Å²) < 4.78 is 43.2. The van der Waals surface area contributed by atoms with Crippen LogP contribution in [0.1, 0.15) is 6.42 Å². The number of aromatic nitrogens is 2. The Labute approximate surface area is 170 Å². The van der Waals surface area contributed by atoms with Gasteiger partial charge in [0.25, 0.3) is 0 Å². The number of sulfone groups is 1. The van der Waals surface area contributed by atoms with Crippen molar-refractivity contribution in [2.45, 2.75) is 11.3 Å². The number of aryl methyl sites for hydroxylation is 1. The maximum atomic E-state index is 12.2. The van der Waals surface area contributed by atoms with Crippen molar-refractivity contribution in [3.05, 3.63) is 36.7 Å². The van der Waals surface area contributed by atoms with Crippen LogP contribution in [0.5, 0.6) is 11.6 Å². The van der Waals surface area contributed by atoms with Crippen LogP contribution in [-0.4, -0.2) is 51.2 Å². The molecule has 4 rings (SSSR count). The van der Waals surface area contributed by atoms with E-state index in [1.807, 2.05) is 23.9 Å². The fourth-order valence-electron chi connectivity index (χ4n) is 3.68. The molecule has 0 aliphatic carbocycles. The molecule has 2 aromatic heterocycles. The highest BCUT2D eigenvalue weighted by molar-refractivity contribution is 7.90. The molecule has 1 aliphatic heterocycles. The molecule has 1 atom stereocenters. The molecular weight excluding hydrogens is 392 g/mol. The van der Waals surface area contributed by atoms with Gasteiger partial charge in [0.05, 0.1) is 25.2 Å². The van der Waals surface area contributed by atoms with Crippen LogP contribution in [0, 0.1) is 5.92 Å². The van der Waals surface area contributed by atoms with Crippen LogP contribution >= 0.6 is 0 Å². The van der Waals surface area contributed by atoms with Gasteiger partial charge in [0, 0.05) is 54.7 Å². The highest BCUT2D eigenvalue weighted by Crippen LogP contribution is 2.39. The molecular formula is C21H24N2O5S. The number of hydrogen-bond acceptors (Lipinski definition) is 6. The zero-order valence-corrected chi connectivity index (χ0v) is 17.5. The molecule has 3 heterocycles. The average Bonchev–Trinajstić information content (AvgIpc) is 3.33. The Hall–Kier alpha value is -2.58. The van der Waals surface area contributed by atoms with Crippen molar-refractivity contribution in [2.24, 2.45) is 13.0 Å². The summed E-state index contributed by atoms with van der Waals surface area (Å²) in [5, 5.41) is 0.916. The van der Waals surface area contributed by atoms with Crippen LogP contribution < -0.4 is 9.47 Å². The lowest BCUT2D eigenvalue weighted by Crippen LogP contribution is -2.12. The fourth-order valence-corrected chi connectivity index (χ4v) is 4.33. The number of nitrogens with zero attached hydrogens (tertiary/aromatic N) is 2. The fraction of sp³-hybridized carbons (Fsp3) is 0.381. The smallest absolute Gasteiger partial charge is 0.238 e. The number of rotatable bonds is 6. The molecule has 29 heavy (non-hydrogen) atoms. The summed E-state index contributed by atoms with van der Waals surface area (Å²) in [5.41, 5.74) is 2.43. The van der Waals surface area contributed by atoms with E-state index in [-0.39, 0.29) is 4.90 Å². The van der Waals surface area contributed by atoms with Crippen molar-refractivity contribution in [1.29, 1.82) is 0 Å². The van der Waals surface area contributed by atoms with Crippen LogP contribution in [0.3, 0.4) is 0 Å². The number of benzene rings is 1. The second kappa shape index (κ2) is 7.68. The molecule has 8 heteroatoms. The van der Waals surface area contributed by atoms with Crippen molar-refractivity contribution in [2.75, 3.05) is 33.2 Å². The molecule has 0 spiro atoms. The maximum absolute atomic E-state index is 12.2. The van der Waals surface area contributed by atoms with Crippen LogP contribution in [0.25, 0.3) is 22.0 Å². The van der Waals surface area contributed by atoms with Gasteiger partial charge >= 0.3 is 0 Å². The minimum Gasteiger partial charge on any atom is -0.493 e. The summed E-state index contributed by atoms with van der Waals surface area (Å²) in [7, 11) is 0.130. The Morgan fingerprint density at radius 1 is 1.28 bits per heavy atom. The van der Waals surface area contributed by atoms with Gasteiger partial charge in [0.15, 0.2) is 9.84 Å². The summed E-state index contributed by atoms with van der Waals surface area (Å²) in [6, 6.07) is 6.90. The number of ether oxygens (including phenoxy) is 3. The SMILES string of the molecule is COc1nccc2c(-c3cc(S(C)(=O)=O)ccc3OCC3CCOC3)cn(C)c12. The molecule has 1 saturated heterocycles. The molecule has 0 radical (unpaired) electrons. The first-order valence-corrected chi connectivity index (χ1v) is 11.3. The van der Waals surface area contributed by atoms with Crippen molar-refractivity contribution in [1.82, 2.24) is 9.55 Å². The van der Waals surface area contributed by atoms with Crippen LogP contribution in [0.2, 0.25) is 0 Å². The summed E-state index contributed by atoms with van der Waals surface area (Å²) in [6.07, 6.45) is 5.80. The van der Waals surface area contributed by atoms with Crippen LogP contribution in [0.4, 0.5) is 0 Å². The van der Waals surface area contributed by atoms with E-state index < -0.39 is 9.84 Å². The van der Waals surface area contributed by atoms with Gasteiger partial charge in [-0.3, -0.25) is 0 Å². The van der Waals surface area contributed by atoms with E-state index >= 15 is 0 Å². The van der Waals surface area contributed by atoms with E-state index in [0.29, 0.717) is 30.8 Å². The summed E-state index contributed by atoms with van der Waals surface area (Å²) >= 11 is 0. The van der Waals surface area contributed by atoms with E-state index in [0.717, 1.165) is 35.1 Å². The first-order chi connectivity index (χ1) is 13.9. The minimum atomic E-state index is -3.36. The molecule has 7 nitrogen and oxygen atoms in total. The number of fused-ring (bicyclic) bond motifs is 1. The Bertz CT molecular complexity index is 1150. The van der Waals surface area contributed by atoms with Gasteiger partial charge in [0.1, 0.15) is 11.3 Å². The minimum absolute atomic E-state index is 0.252. The molecule has 0 amide bonds. The second-order valence-corrected chi connectivity index (χ2v) is 9.36. The third kappa shape index (κ3) is 3.82. The normalized spacial score (nSPS) is 17.0. The van der Waals surface area contributed by atoms with Gasteiger partial charge in [0.2, 0.25) is 5.88 Å². The predicted molar refractivity (Wildman–Crippen MR) is 110 cm³/mol. The zero-order valence-electron chi connectivity index (χ0n) is 16.7. The molecule has 1 fully saturated rings. The first kappa shape index (κ1) is 19.7. The van der Waals surface area contributed by atoms with E-state index in [1.165, 1.54) is 6.26 Å². The molecule has 0 bridgehead atoms. The molecule has 3 aromatic rings. The highest BCUT2D eigenvalue weighted by atomic mass is 32.2. The quantitative estimate of drug-likeness (QED) is 0.614. The van der Waals surface area contributed by atoms with Crippen LogP contribution in [0.15, 0.2) is 41.6 Å². The first-order valence-electron chi connectivity index (χ1n) is 9.41. The number of methoxy groups -OCH3 is 1. The Kier molecular flexibility index (Phi) is 5.23. The lowest BCUT2D eigenvalue weighted by Gasteiger charge is -2.15. The number of hydrogen-bond donors (Lipinski definition) is 0. The molecule has 1 unspecified atom stereocenters. The number of pyridine rings is 1. The Balaban J connectivity index is 1.85. The topological polar surface area (TPSA) is 79.7 Å². The van der Waals surface area contributed by atoms with Crippen molar-refractivity contribution in [3.8, 4) is 22.8 Å². The van der Waals surface area contributed by atoms with E-state index in [1.54, 1.807) is 31.5 Å². The molecule has 0 saturated carbocycles. The highest BCUT2D eigenvalue weighted by Gasteiger charge is 2.21. The Morgan fingerprint density at radius 2 is 2.10 bits per heavy atom. The van der Waals surface area contributed by atoms with Gasteiger partial charge < -0.3 is 18.8 Å². The van der Waals surface area contributed by atoms with Gasteiger partial charge in [-0.05, 0) is 30.7 Å². The lowest BCUT2D eigenvalue weighted by molar-refractivity contribution is 0.167. The van der Waals surface area contributed by atoms with Gasteiger partial charge in [-0.15, -0.1) is 0 Å². The zero-order chi connectivity index (χ0) is 20.6. The van der Waals surface area contributed by atoms with Crippen molar-refractivity contribution in [3.63, 3.8) is 0 Å². The summed E-state index contributed by atoms with van der Waals surface area (Å²) in [6.45, 7) is 1.97. The van der Waals surface area contributed by atoms with E-state index in [2.05, 4.69) is 4.98 Å². The van der Waals surface area contributed by atoms with Gasteiger partial charge in [-0.2, -0.15) is 0 Å². The van der Waals surface area contributed by atoms with E-state index in [9.17, 15) is 8.42 Å². The lowest BCUT2D eigenvalue weighted by atomic mass is 10.0. The largest absolute Gasteiger partial charge is 0.493 e. The average molecular weight is 416 g/mol. The Morgan fingerprint density at radius 3 is 2.79 bits per heavy atom. The standard InChI is InChI=1S/C21H24N2O5S/c1-23-11-18(16-6-8-22-21(26-2)20(16)23)17-10-15(29(3,24)25)4-5-19(17)28-13-14-7-9-27-12-14/h4-6,8,10-11,14H,7,9,12-13H2,1-3H3. The third-order valence-electron chi connectivity index (χ3n) is 5.22. The molecule has 0 N–H and O–H groups in total.